The summed E-state index contributed by atoms with van der Waals surface area (Å²) in [6.07, 6.45) is 10.0. The fourth-order valence-electron chi connectivity index (χ4n) is 2.44. The van der Waals surface area contributed by atoms with Gasteiger partial charge in [-0.3, -0.25) is 9.78 Å². The summed E-state index contributed by atoms with van der Waals surface area (Å²) in [6.45, 7) is 3.41. The summed E-state index contributed by atoms with van der Waals surface area (Å²) in [5, 5.41) is 16.3. The smallest absolute Gasteiger partial charge is 0.273 e. The number of benzene rings is 1. The summed E-state index contributed by atoms with van der Waals surface area (Å²) in [5.41, 5.74) is 0.166. The summed E-state index contributed by atoms with van der Waals surface area (Å²) in [6, 6.07) is 7.40. The minimum atomic E-state index is -1.32. The van der Waals surface area contributed by atoms with E-state index in [-0.39, 0.29) is 0 Å². The van der Waals surface area contributed by atoms with E-state index in [1.807, 2.05) is 19.1 Å². The molecule has 28 heavy (non-hydrogen) atoms. The molecule has 0 bridgehead atoms. The van der Waals surface area contributed by atoms with Crippen LogP contribution in [-0.4, -0.2) is 41.4 Å². The number of amides is 1. The maximum absolute atomic E-state index is 12.6. The third kappa shape index (κ3) is 4.93. The topological polar surface area (TPSA) is 96.6 Å². The first-order valence-electron chi connectivity index (χ1n) is 8.23. The van der Waals surface area contributed by atoms with Crippen LogP contribution in [0.2, 0.25) is 0 Å². The van der Waals surface area contributed by atoms with Crippen LogP contribution in [0.1, 0.15) is 18.1 Å². The lowest BCUT2D eigenvalue weighted by Crippen LogP contribution is -2.50. The number of nitrogens with one attached hydrogen (secondary N) is 1. The van der Waals surface area contributed by atoms with Crippen LogP contribution in [0, 0.1) is 30.6 Å². The van der Waals surface area contributed by atoms with Crippen molar-refractivity contribution in [1.29, 1.82) is 5.26 Å². The molecule has 0 fully saturated rings. The number of rotatable bonds is 7. The molecule has 1 heterocycles. The zero-order valence-corrected chi connectivity index (χ0v) is 16.8. The van der Waals surface area contributed by atoms with Gasteiger partial charge in [0.05, 0.1) is 17.8 Å². The van der Waals surface area contributed by atoms with Gasteiger partial charge in [0.25, 0.3) is 5.91 Å². The predicted octanol–water partition coefficient (Wildman–Crippen LogP) is 2.62. The Morgan fingerprint density at radius 1 is 1.50 bits per heavy atom. The average molecular weight is 396 g/mol. The maximum Gasteiger partial charge on any atom is 0.273 e. The molecule has 1 amide bonds. The maximum atomic E-state index is 12.6. The molecule has 1 aromatic heterocycles. The molecular weight excluding hydrogens is 376 g/mol. The lowest BCUT2D eigenvalue weighted by molar-refractivity contribution is -0.125. The molecule has 2 rings (SSSR count). The van der Waals surface area contributed by atoms with Crippen molar-refractivity contribution in [1.82, 2.24) is 10.3 Å². The van der Waals surface area contributed by atoms with E-state index in [0.717, 1.165) is 16.5 Å². The standard InChI is InChI=1S/C20H20N4O3S/c1-6-14-8-15-9-16(7-13(2)17(15)22-10-14)27-19(28-5)18(25)24-20(3,11-21)12-23-26-4/h1,7-10,12,19H,2-5H3,(H,24,25). The first-order chi connectivity index (χ1) is 13.4. The van der Waals surface area contributed by atoms with E-state index in [4.69, 9.17) is 11.2 Å². The summed E-state index contributed by atoms with van der Waals surface area (Å²) >= 11 is 1.20. The number of carbonyl (C=O) groups is 1. The second-order valence-electron chi connectivity index (χ2n) is 6.09. The summed E-state index contributed by atoms with van der Waals surface area (Å²) in [4.78, 5) is 21.6. The van der Waals surface area contributed by atoms with Gasteiger partial charge in [0.2, 0.25) is 5.44 Å². The number of nitriles is 1. The van der Waals surface area contributed by atoms with Gasteiger partial charge < -0.3 is 14.9 Å². The third-order valence-electron chi connectivity index (χ3n) is 3.82. The van der Waals surface area contributed by atoms with Gasteiger partial charge in [0.1, 0.15) is 12.9 Å². The number of hydrogen-bond acceptors (Lipinski definition) is 7. The molecule has 2 unspecified atom stereocenters. The molecule has 0 saturated carbocycles. The SMILES string of the molecule is C#Cc1cnc2c(C)cc(OC(SC)C(=O)NC(C)(C#N)C=NOC)cc2c1. The Bertz CT molecular complexity index is 993. The molecule has 7 nitrogen and oxygen atoms in total. The number of fused-ring (bicyclic) bond motifs is 1. The number of hydrogen-bond donors (Lipinski definition) is 1. The summed E-state index contributed by atoms with van der Waals surface area (Å²) < 4.78 is 5.87. The molecule has 0 radical (unpaired) electrons. The van der Waals surface area contributed by atoms with Crippen LogP contribution >= 0.6 is 11.8 Å². The normalized spacial score (nSPS) is 13.9. The lowest BCUT2D eigenvalue weighted by atomic mass is 10.1. The number of aromatic nitrogens is 1. The minimum absolute atomic E-state index is 0.465. The number of oxime groups is 1. The van der Waals surface area contributed by atoms with Gasteiger partial charge in [-0.05, 0) is 43.9 Å². The number of aryl methyl sites for hydroxylation is 1. The molecule has 144 valence electrons. The molecule has 0 aliphatic rings. The Balaban J connectivity index is 2.26. The van der Waals surface area contributed by atoms with Crippen molar-refractivity contribution < 1.29 is 14.4 Å². The van der Waals surface area contributed by atoms with Gasteiger partial charge in [-0.15, -0.1) is 18.2 Å². The van der Waals surface area contributed by atoms with Gasteiger partial charge in [0, 0.05) is 17.1 Å². The quantitative estimate of drug-likeness (QED) is 0.334. The van der Waals surface area contributed by atoms with E-state index in [1.165, 1.54) is 32.0 Å². The van der Waals surface area contributed by atoms with E-state index in [0.29, 0.717) is 11.3 Å². The highest BCUT2D eigenvalue weighted by molar-refractivity contribution is 7.99. The molecule has 2 atom stereocenters. The number of ether oxygens (including phenoxy) is 1. The lowest BCUT2D eigenvalue weighted by Gasteiger charge is -2.22. The van der Waals surface area contributed by atoms with Crippen LogP contribution in [0.4, 0.5) is 0 Å². The van der Waals surface area contributed by atoms with E-state index >= 15 is 0 Å². The van der Waals surface area contributed by atoms with Crippen LogP contribution in [-0.2, 0) is 9.63 Å². The average Bonchev–Trinajstić information content (AvgIpc) is 2.69. The molecule has 0 saturated heterocycles. The highest BCUT2D eigenvalue weighted by Crippen LogP contribution is 2.26. The number of nitrogens with zero attached hydrogens (tertiary/aromatic N) is 3. The van der Waals surface area contributed by atoms with Gasteiger partial charge in [0.15, 0.2) is 5.54 Å². The molecule has 8 heteroatoms. The van der Waals surface area contributed by atoms with Gasteiger partial charge in [-0.25, -0.2) is 0 Å². The van der Waals surface area contributed by atoms with Crippen molar-refractivity contribution in [2.45, 2.75) is 24.8 Å². The molecular formula is C20H20N4O3S. The highest BCUT2D eigenvalue weighted by Gasteiger charge is 2.29. The van der Waals surface area contributed by atoms with Crippen molar-refractivity contribution in [3.05, 3.63) is 35.5 Å². The van der Waals surface area contributed by atoms with E-state index in [9.17, 15) is 10.1 Å². The monoisotopic (exact) mass is 396 g/mol. The van der Waals surface area contributed by atoms with Crippen molar-refractivity contribution >= 4 is 34.8 Å². The van der Waals surface area contributed by atoms with Crippen molar-refractivity contribution in [3.8, 4) is 24.2 Å². The predicted molar refractivity (Wildman–Crippen MR) is 110 cm³/mol. The van der Waals surface area contributed by atoms with Crippen LogP contribution < -0.4 is 10.1 Å². The van der Waals surface area contributed by atoms with Gasteiger partial charge in [-0.1, -0.05) is 11.1 Å². The number of thioether (sulfide) groups is 1. The Labute approximate surface area is 168 Å². The van der Waals surface area contributed by atoms with Gasteiger partial charge >= 0.3 is 0 Å². The minimum Gasteiger partial charge on any atom is -0.470 e. The van der Waals surface area contributed by atoms with E-state index < -0.39 is 16.9 Å². The largest absolute Gasteiger partial charge is 0.470 e. The van der Waals surface area contributed by atoms with E-state index in [2.05, 4.69) is 26.2 Å². The van der Waals surface area contributed by atoms with Crippen LogP contribution in [0.3, 0.4) is 0 Å². The second kappa shape index (κ2) is 9.12. The molecule has 0 aliphatic carbocycles. The van der Waals surface area contributed by atoms with Crippen molar-refractivity contribution in [3.63, 3.8) is 0 Å². The Morgan fingerprint density at radius 3 is 2.86 bits per heavy atom. The fourth-order valence-corrected chi connectivity index (χ4v) is 2.92. The molecule has 0 aliphatic heterocycles. The Morgan fingerprint density at radius 2 is 2.25 bits per heavy atom. The highest BCUT2D eigenvalue weighted by atomic mass is 32.2. The summed E-state index contributed by atoms with van der Waals surface area (Å²) in [5.74, 6) is 2.59. The van der Waals surface area contributed by atoms with Crippen molar-refractivity contribution in [2.24, 2.45) is 5.16 Å². The van der Waals surface area contributed by atoms with Crippen LogP contribution in [0.5, 0.6) is 5.75 Å². The molecule has 0 spiro atoms. The Hall–Kier alpha value is -3.23. The third-order valence-corrected chi connectivity index (χ3v) is 4.56. The van der Waals surface area contributed by atoms with Gasteiger partial charge in [-0.2, -0.15) is 5.26 Å². The zero-order valence-electron chi connectivity index (χ0n) is 16.0. The molecule has 1 aromatic carbocycles. The fraction of sp³-hybridized carbons (Fsp3) is 0.300. The van der Waals surface area contributed by atoms with Crippen LogP contribution in [0.15, 0.2) is 29.6 Å². The second-order valence-corrected chi connectivity index (χ2v) is 6.99. The zero-order chi connectivity index (χ0) is 20.7. The number of carbonyl (C=O) groups excluding carboxylic acids is 1. The van der Waals surface area contributed by atoms with E-state index in [1.54, 1.807) is 24.6 Å². The number of pyridine rings is 1. The van der Waals surface area contributed by atoms with Crippen molar-refractivity contribution in [2.75, 3.05) is 13.4 Å². The molecule has 1 N–H and O–H groups in total. The first-order valence-corrected chi connectivity index (χ1v) is 9.52. The first kappa shape index (κ1) is 21.1. The van der Waals surface area contributed by atoms with Crippen LogP contribution in [0.25, 0.3) is 10.9 Å². The Kier molecular flexibility index (Phi) is 6.86. The molecule has 2 aromatic rings. The number of terminal acetylenes is 1. The summed E-state index contributed by atoms with van der Waals surface area (Å²) in [7, 11) is 1.35.